The lowest BCUT2D eigenvalue weighted by molar-refractivity contribution is 0.282. The van der Waals surface area contributed by atoms with E-state index in [4.69, 9.17) is 33.3 Å². The Bertz CT molecular complexity index is 1040. The van der Waals surface area contributed by atoms with Crippen LogP contribution >= 0.6 is 39.7 Å². The van der Waals surface area contributed by atoms with Crippen LogP contribution in [0, 0.1) is 4.77 Å². The number of halogens is 2. The summed E-state index contributed by atoms with van der Waals surface area (Å²) in [6.07, 6.45) is 1.82. The third-order valence-corrected chi connectivity index (χ3v) is 5.51. The number of rotatable bonds is 9. The molecule has 0 bridgehead atoms. The van der Waals surface area contributed by atoms with Crippen LogP contribution in [0.1, 0.15) is 30.3 Å². The maximum atomic E-state index is 6.22. The number of hydrogen-bond acceptors (Lipinski definition) is 5. The Hall–Kier alpha value is -2.03. The molecule has 0 aliphatic rings. The number of methoxy groups -OCH3 is 1. The molecule has 1 heterocycles. The van der Waals surface area contributed by atoms with Crippen LogP contribution in [-0.4, -0.2) is 22.0 Å². The van der Waals surface area contributed by atoms with Crippen LogP contribution in [0.25, 0.3) is 0 Å². The van der Waals surface area contributed by atoms with Crippen LogP contribution in [0.4, 0.5) is 0 Å². The molecular formula is C20H22BrClN4O2S. The summed E-state index contributed by atoms with van der Waals surface area (Å²) in [4.78, 5) is 0. The lowest BCUT2D eigenvalue weighted by Crippen LogP contribution is -2.17. The predicted octanol–water partition coefficient (Wildman–Crippen LogP) is 5.64. The molecular weight excluding hydrogens is 476 g/mol. The van der Waals surface area contributed by atoms with E-state index in [9.17, 15) is 0 Å². The standard InChI is InChI=1S/C20H22BrClN4O2S/c1-3-6-18-24-25-20(29)26(18)23-11-13-9-15(21)19(17(10-13)27-2)28-12-14-7-4-5-8-16(14)22/h4-5,7-10,23H,3,6,11-12H2,1-2H3,(H,25,29). The Labute approximate surface area is 188 Å². The van der Waals surface area contributed by atoms with Gasteiger partial charge in [0.15, 0.2) is 17.3 Å². The van der Waals surface area contributed by atoms with E-state index in [1.54, 1.807) is 11.8 Å². The minimum atomic E-state index is 0.344. The number of H-pyrrole nitrogens is 1. The fourth-order valence-corrected chi connectivity index (χ4v) is 3.84. The number of hydrogen-bond donors (Lipinski definition) is 2. The van der Waals surface area contributed by atoms with Crippen molar-refractivity contribution in [3.05, 3.63) is 67.6 Å². The van der Waals surface area contributed by atoms with E-state index in [0.717, 1.165) is 34.3 Å². The van der Waals surface area contributed by atoms with Gasteiger partial charge in [-0.2, -0.15) is 5.10 Å². The summed E-state index contributed by atoms with van der Waals surface area (Å²) in [5, 5.41) is 7.76. The molecule has 1 aromatic heterocycles. The number of ether oxygens (including phenoxy) is 2. The average molecular weight is 498 g/mol. The van der Waals surface area contributed by atoms with Crippen LogP contribution in [-0.2, 0) is 19.6 Å². The summed E-state index contributed by atoms with van der Waals surface area (Å²) in [6.45, 7) is 2.99. The first-order valence-electron chi connectivity index (χ1n) is 9.16. The van der Waals surface area contributed by atoms with Gasteiger partial charge in [0, 0.05) is 17.0 Å². The number of aromatic nitrogens is 3. The van der Waals surface area contributed by atoms with Crippen LogP contribution in [0.2, 0.25) is 5.02 Å². The van der Waals surface area contributed by atoms with Crippen LogP contribution < -0.4 is 14.9 Å². The van der Waals surface area contributed by atoms with Crippen molar-refractivity contribution < 1.29 is 9.47 Å². The quantitative estimate of drug-likeness (QED) is 0.375. The molecule has 0 radical (unpaired) electrons. The molecule has 6 nitrogen and oxygen atoms in total. The van der Waals surface area contributed by atoms with Gasteiger partial charge in [0.25, 0.3) is 0 Å². The summed E-state index contributed by atoms with van der Waals surface area (Å²) < 4.78 is 14.7. The van der Waals surface area contributed by atoms with Crippen molar-refractivity contribution in [2.75, 3.05) is 12.5 Å². The van der Waals surface area contributed by atoms with E-state index in [1.807, 2.05) is 36.4 Å². The van der Waals surface area contributed by atoms with Gasteiger partial charge in [-0.25, -0.2) is 4.68 Å². The molecule has 0 amide bonds. The molecule has 0 fully saturated rings. The van der Waals surface area contributed by atoms with Crippen molar-refractivity contribution in [3.63, 3.8) is 0 Å². The first-order valence-corrected chi connectivity index (χ1v) is 10.7. The Morgan fingerprint density at radius 2 is 2.10 bits per heavy atom. The molecule has 0 aliphatic heterocycles. The number of aryl methyl sites for hydroxylation is 1. The highest BCUT2D eigenvalue weighted by Gasteiger charge is 2.13. The first-order chi connectivity index (χ1) is 14.0. The summed E-state index contributed by atoms with van der Waals surface area (Å²) in [5.74, 6) is 2.14. The minimum Gasteiger partial charge on any atom is -0.493 e. The second-order valence-corrected chi connectivity index (χ2v) is 8.00. The molecule has 0 aliphatic carbocycles. The van der Waals surface area contributed by atoms with Gasteiger partial charge in [-0.15, -0.1) is 0 Å². The normalized spacial score (nSPS) is 10.8. The second-order valence-electron chi connectivity index (χ2n) is 6.35. The van der Waals surface area contributed by atoms with Crippen LogP contribution in [0.15, 0.2) is 40.9 Å². The molecule has 0 unspecified atom stereocenters. The van der Waals surface area contributed by atoms with Crippen molar-refractivity contribution in [3.8, 4) is 11.5 Å². The van der Waals surface area contributed by atoms with Gasteiger partial charge in [-0.1, -0.05) is 36.7 Å². The molecule has 2 N–H and O–H groups in total. The van der Waals surface area contributed by atoms with Gasteiger partial charge in [-0.3, -0.25) is 5.10 Å². The summed E-state index contributed by atoms with van der Waals surface area (Å²) in [7, 11) is 1.62. The highest BCUT2D eigenvalue weighted by molar-refractivity contribution is 9.10. The molecule has 9 heteroatoms. The third kappa shape index (κ3) is 5.32. The second kappa shape index (κ2) is 10.1. The van der Waals surface area contributed by atoms with Gasteiger partial charge in [-0.05, 0) is 58.3 Å². The first kappa shape index (κ1) is 21.7. The van der Waals surface area contributed by atoms with E-state index in [2.05, 4.69) is 38.5 Å². The minimum absolute atomic E-state index is 0.344. The Balaban J connectivity index is 1.75. The molecule has 0 saturated carbocycles. The van der Waals surface area contributed by atoms with Crippen LogP contribution in [0.5, 0.6) is 11.5 Å². The van der Waals surface area contributed by atoms with Crippen molar-refractivity contribution in [2.24, 2.45) is 0 Å². The van der Waals surface area contributed by atoms with Gasteiger partial charge >= 0.3 is 0 Å². The number of nitrogens with one attached hydrogen (secondary N) is 2. The topological polar surface area (TPSA) is 64.1 Å². The highest BCUT2D eigenvalue weighted by Crippen LogP contribution is 2.37. The smallest absolute Gasteiger partial charge is 0.214 e. The highest BCUT2D eigenvalue weighted by atomic mass is 79.9. The number of aromatic amines is 1. The maximum absolute atomic E-state index is 6.22. The average Bonchev–Trinajstić information content (AvgIpc) is 3.06. The Morgan fingerprint density at radius 1 is 1.31 bits per heavy atom. The molecule has 3 rings (SSSR count). The SMILES string of the molecule is CCCc1n[nH]c(=S)n1NCc1cc(Br)c(OCc2ccccc2Cl)c(OC)c1. The lowest BCUT2D eigenvalue weighted by Gasteiger charge is -2.16. The molecule has 0 saturated heterocycles. The van der Waals surface area contributed by atoms with Crippen molar-refractivity contribution >= 4 is 39.7 Å². The summed E-state index contributed by atoms with van der Waals surface area (Å²) in [6, 6.07) is 11.5. The van der Waals surface area contributed by atoms with Gasteiger partial charge in [0.1, 0.15) is 6.61 Å². The molecule has 29 heavy (non-hydrogen) atoms. The van der Waals surface area contributed by atoms with Gasteiger partial charge in [0.05, 0.1) is 18.1 Å². The monoisotopic (exact) mass is 496 g/mol. The fourth-order valence-electron chi connectivity index (χ4n) is 2.84. The lowest BCUT2D eigenvalue weighted by atomic mass is 10.2. The third-order valence-electron chi connectivity index (χ3n) is 4.28. The Morgan fingerprint density at radius 3 is 2.83 bits per heavy atom. The van der Waals surface area contributed by atoms with Crippen molar-refractivity contribution in [2.45, 2.75) is 32.9 Å². The van der Waals surface area contributed by atoms with Crippen molar-refractivity contribution in [1.82, 2.24) is 14.9 Å². The largest absolute Gasteiger partial charge is 0.493 e. The van der Waals surface area contributed by atoms with E-state index in [1.165, 1.54) is 0 Å². The Kier molecular flexibility index (Phi) is 7.57. The van der Waals surface area contributed by atoms with E-state index < -0.39 is 0 Å². The van der Waals surface area contributed by atoms with Crippen molar-refractivity contribution in [1.29, 1.82) is 0 Å². The van der Waals surface area contributed by atoms with Gasteiger partial charge in [0.2, 0.25) is 4.77 Å². The molecule has 3 aromatic rings. The number of nitrogens with zero attached hydrogens (tertiary/aromatic N) is 2. The zero-order chi connectivity index (χ0) is 20.8. The zero-order valence-corrected chi connectivity index (χ0v) is 19.3. The number of benzene rings is 2. The summed E-state index contributed by atoms with van der Waals surface area (Å²) >= 11 is 15.1. The summed E-state index contributed by atoms with van der Waals surface area (Å²) in [5.41, 5.74) is 5.22. The fraction of sp³-hybridized carbons (Fsp3) is 0.300. The van der Waals surface area contributed by atoms with E-state index in [0.29, 0.717) is 34.4 Å². The molecule has 0 atom stereocenters. The van der Waals surface area contributed by atoms with E-state index >= 15 is 0 Å². The molecule has 154 valence electrons. The predicted molar refractivity (Wildman–Crippen MR) is 121 cm³/mol. The molecule has 2 aromatic carbocycles. The van der Waals surface area contributed by atoms with E-state index in [-0.39, 0.29) is 0 Å². The molecule has 0 spiro atoms. The van der Waals surface area contributed by atoms with Crippen LogP contribution in [0.3, 0.4) is 0 Å². The zero-order valence-electron chi connectivity index (χ0n) is 16.2. The van der Waals surface area contributed by atoms with Gasteiger partial charge < -0.3 is 14.9 Å². The maximum Gasteiger partial charge on any atom is 0.214 e.